The molecule has 1 aliphatic heterocycles. The van der Waals surface area contributed by atoms with Crippen LogP contribution in [0.3, 0.4) is 0 Å². The van der Waals surface area contributed by atoms with Crippen LogP contribution in [-0.2, 0) is 4.74 Å². The van der Waals surface area contributed by atoms with Gasteiger partial charge in [0.25, 0.3) is 0 Å². The van der Waals surface area contributed by atoms with Gasteiger partial charge in [-0.2, -0.15) is 0 Å². The number of rotatable bonds is 5. The summed E-state index contributed by atoms with van der Waals surface area (Å²) in [5.41, 5.74) is 0.697. The summed E-state index contributed by atoms with van der Waals surface area (Å²) in [5, 5.41) is 3.75. The van der Waals surface area contributed by atoms with Gasteiger partial charge < -0.3 is 15.0 Å². The molecule has 1 saturated carbocycles. The van der Waals surface area contributed by atoms with Crippen molar-refractivity contribution in [2.45, 2.75) is 77.5 Å². The summed E-state index contributed by atoms with van der Waals surface area (Å²) in [6.45, 7) is 12.3. The lowest BCUT2D eigenvalue weighted by Gasteiger charge is -2.39. The van der Waals surface area contributed by atoms with E-state index in [-0.39, 0.29) is 5.54 Å². The minimum absolute atomic E-state index is 0.220. The van der Waals surface area contributed by atoms with Gasteiger partial charge in [-0.3, -0.25) is 0 Å². The van der Waals surface area contributed by atoms with E-state index < -0.39 is 0 Å². The molecule has 0 spiro atoms. The van der Waals surface area contributed by atoms with Gasteiger partial charge >= 0.3 is 0 Å². The van der Waals surface area contributed by atoms with Crippen LogP contribution in [0.2, 0.25) is 0 Å². The number of likely N-dealkylation sites (N-methyl/N-ethyl adjacent to an activating group) is 1. The smallest absolute Gasteiger partial charge is 0.0702 e. The Kier molecular flexibility index (Phi) is 5.14. The second-order valence-corrected chi connectivity index (χ2v) is 8.16. The molecular weight excluding hydrogens is 248 g/mol. The quantitative estimate of drug-likeness (QED) is 0.839. The molecule has 0 bridgehead atoms. The van der Waals surface area contributed by atoms with E-state index >= 15 is 0 Å². The van der Waals surface area contributed by atoms with E-state index in [0.29, 0.717) is 17.6 Å². The Morgan fingerprint density at radius 1 is 1.25 bits per heavy atom. The van der Waals surface area contributed by atoms with Gasteiger partial charge in [0.15, 0.2) is 0 Å². The Morgan fingerprint density at radius 3 is 2.40 bits per heavy atom. The Labute approximate surface area is 125 Å². The predicted octanol–water partition coefficient (Wildman–Crippen LogP) is 3.04. The molecule has 118 valence electrons. The molecule has 1 heterocycles. The molecule has 0 radical (unpaired) electrons. The van der Waals surface area contributed by atoms with Crippen LogP contribution in [0, 0.1) is 5.41 Å². The van der Waals surface area contributed by atoms with Crippen LogP contribution < -0.4 is 5.32 Å². The molecule has 2 rings (SSSR count). The van der Waals surface area contributed by atoms with Gasteiger partial charge in [0.1, 0.15) is 0 Å². The van der Waals surface area contributed by atoms with E-state index in [4.69, 9.17) is 4.74 Å². The van der Waals surface area contributed by atoms with Crippen LogP contribution in [0.1, 0.15) is 59.8 Å². The Balaban J connectivity index is 1.94. The average molecular weight is 282 g/mol. The maximum atomic E-state index is 5.74. The van der Waals surface area contributed by atoms with Gasteiger partial charge in [0, 0.05) is 31.3 Å². The molecule has 1 N–H and O–H groups in total. The summed E-state index contributed by atoms with van der Waals surface area (Å²) < 4.78 is 5.74. The average Bonchev–Trinajstić information content (AvgIpc) is 2.95. The van der Waals surface area contributed by atoms with Crippen molar-refractivity contribution >= 4 is 0 Å². The zero-order valence-electron chi connectivity index (χ0n) is 14.2. The van der Waals surface area contributed by atoms with E-state index in [1.807, 2.05) is 0 Å². The third kappa shape index (κ3) is 4.19. The van der Waals surface area contributed by atoms with Gasteiger partial charge in [0.2, 0.25) is 0 Å². The van der Waals surface area contributed by atoms with Gasteiger partial charge in [-0.05, 0) is 59.4 Å². The first kappa shape index (κ1) is 16.3. The third-order valence-electron chi connectivity index (χ3n) is 5.15. The maximum absolute atomic E-state index is 5.74. The molecule has 3 nitrogen and oxygen atoms in total. The van der Waals surface area contributed by atoms with Crippen molar-refractivity contribution in [1.82, 2.24) is 10.2 Å². The van der Waals surface area contributed by atoms with Crippen LogP contribution >= 0.6 is 0 Å². The van der Waals surface area contributed by atoms with Crippen LogP contribution in [0.4, 0.5) is 0 Å². The molecule has 1 aliphatic carbocycles. The topological polar surface area (TPSA) is 24.5 Å². The van der Waals surface area contributed by atoms with Crippen molar-refractivity contribution in [3.63, 3.8) is 0 Å². The van der Waals surface area contributed by atoms with Gasteiger partial charge in [-0.15, -0.1) is 0 Å². The first-order valence-electron chi connectivity index (χ1n) is 8.38. The van der Waals surface area contributed by atoms with E-state index in [1.165, 1.54) is 38.6 Å². The van der Waals surface area contributed by atoms with Crippen LogP contribution in [0.15, 0.2) is 0 Å². The largest absolute Gasteiger partial charge is 0.377 e. The van der Waals surface area contributed by atoms with Gasteiger partial charge in [-0.1, -0.05) is 12.8 Å². The first-order chi connectivity index (χ1) is 9.31. The van der Waals surface area contributed by atoms with Gasteiger partial charge in [0.05, 0.1) is 6.10 Å². The number of nitrogens with one attached hydrogen (secondary N) is 1. The summed E-state index contributed by atoms with van der Waals surface area (Å²) in [5.74, 6) is 0. The zero-order valence-corrected chi connectivity index (χ0v) is 14.2. The third-order valence-corrected chi connectivity index (χ3v) is 5.15. The molecule has 0 aromatic rings. The summed E-state index contributed by atoms with van der Waals surface area (Å²) in [7, 11) is 2.30. The number of hydrogen-bond donors (Lipinski definition) is 1. The number of ether oxygens (including phenoxy) is 1. The monoisotopic (exact) mass is 282 g/mol. The molecule has 0 aromatic carbocycles. The molecule has 2 atom stereocenters. The highest BCUT2D eigenvalue weighted by Gasteiger charge is 2.38. The first-order valence-corrected chi connectivity index (χ1v) is 8.38. The van der Waals surface area contributed by atoms with Gasteiger partial charge in [-0.25, -0.2) is 0 Å². The van der Waals surface area contributed by atoms with Crippen LogP contribution in [0.25, 0.3) is 0 Å². The van der Waals surface area contributed by atoms with Crippen LogP contribution in [0.5, 0.6) is 0 Å². The highest BCUT2D eigenvalue weighted by molar-refractivity contribution is 4.93. The maximum Gasteiger partial charge on any atom is 0.0702 e. The van der Waals surface area contributed by atoms with Crippen molar-refractivity contribution < 1.29 is 4.74 Å². The van der Waals surface area contributed by atoms with Crippen LogP contribution in [-0.4, -0.2) is 49.3 Å². The molecule has 3 heteroatoms. The highest BCUT2D eigenvalue weighted by Crippen LogP contribution is 2.39. The summed E-state index contributed by atoms with van der Waals surface area (Å²) in [4.78, 5) is 2.58. The Morgan fingerprint density at radius 2 is 1.90 bits per heavy atom. The molecule has 2 fully saturated rings. The number of nitrogens with zero attached hydrogens (tertiary/aromatic N) is 1. The fourth-order valence-electron chi connectivity index (χ4n) is 3.91. The Hall–Kier alpha value is -0.120. The molecule has 20 heavy (non-hydrogen) atoms. The van der Waals surface area contributed by atoms with Crippen molar-refractivity contribution in [3.05, 3.63) is 0 Å². The van der Waals surface area contributed by atoms with E-state index in [9.17, 15) is 0 Å². The minimum atomic E-state index is 0.220. The summed E-state index contributed by atoms with van der Waals surface area (Å²) in [6, 6.07) is 0.613. The lowest BCUT2D eigenvalue weighted by molar-refractivity contribution is 0.0621. The predicted molar refractivity (Wildman–Crippen MR) is 85.1 cm³/mol. The Bertz CT molecular complexity index is 305. The summed E-state index contributed by atoms with van der Waals surface area (Å²) in [6.07, 6.45) is 7.15. The minimum Gasteiger partial charge on any atom is -0.377 e. The lowest BCUT2D eigenvalue weighted by atomic mass is 9.84. The van der Waals surface area contributed by atoms with Crippen molar-refractivity contribution in [2.75, 3.05) is 26.7 Å². The van der Waals surface area contributed by atoms with E-state index in [2.05, 4.69) is 45.0 Å². The SMILES string of the molecule is CC1OCCC1N(C)CC1(CNC(C)(C)C)CCCC1. The standard InChI is InChI=1S/C17H34N2O/c1-14-15(8-11-20-14)19(5)13-17(9-6-7-10-17)12-18-16(2,3)4/h14-15,18H,6-13H2,1-5H3. The second kappa shape index (κ2) is 6.33. The van der Waals surface area contributed by atoms with E-state index in [0.717, 1.165) is 13.2 Å². The highest BCUT2D eigenvalue weighted by atomic mass is 16.5. The fraction of sp³-hybridized carbons (Fsp3) is 1.00. The molecule has 2 aliphatic rings. The second-order valence-electron chi connectivity index (χ2n) is 8.16. The van der Waals surface area contributed by atoms with E-state index in [1.54, 1.807) is 0 Å². The molecule has 0 amide bonds. The molecular formula is C17H34N2O. The lowest BCUT2D eigenvalue weighted by Crippen LogP contribution is -2.49. The fourth-order valence-corrected chi connectivity index (χ4v) is 3.91. The summed E-state index contributed by atoms with van der Waals surface area (Å²) >= 11 is 0. The molecule has 2 unspecified atom stereocenters. The normalized spacial score (nSPS) is 30.3. The van der Waals surface area contributed by atoms with Crippen molar-refractivity contribution in [1.29, 1.82) is 0 Å². The van der Waals surface area contributed by atoms with Crippen molar-refractivity contribution in [2.24, 2.45) is 5.41 Å². The molecule has 1 saturated heterocycles. The van der Waals surface area contributed by atoms with Crippen molar-refractivity contribution in [3.8, 4) is 0 Å². The molecule has 0 aromatic heterocycles. The zero-order chi connectivity index (χ0) is 14.8. The number of hydrogen-bond acceptors (Lipinski definition) is 3.